The van der Waals surface area contributed by atoms with Crippen molar-refractivity contribution in [1.29, 1.82) is 0 Å². The molecular formula is C5H2ClFN. The number of pyridine rings is 1. The molecule has 0 amide bonds. The number of rotatable bonds is 0. The van der Waals surface area contributed by atoms with Crippen LogP contribution in [0.15, 0.2) is 12.1 Å². The predicted octanol–water partition coefficient (Wildman–Crippen LogP) is 1.67. The molecule has 0 aliphatic rings. The lowest BCUT2D eigenvalue weighted by Gasteiger charge is -1.83. The molecule has 1 radical (unpaired) electrons. The highest BCUT2D eigenvalue weighted by molar-refractivity contribution is 6.30. The molecule has 0 saturated heterocycles. The lowest BCUT2D eigenvalue weighted by Crippen LogP contribution is -1.77. The van der Waals surface area contributed by atoms with Crippen molar-refractivity contribution in [3.63, 3.8) is 0 Å². The molecule has 0 unspecified atom stereocenters. The Morgan fingerprint density at radius 3 is 2.75 bits per heavy atom. The Kier molecular flexibility index (Phi) is 1.44. The van der Waals surface area contributed by atoms with Gasteiger partial charge in [0.05, 0.1) is 5.02 Å². The van der Waals surface area contributed by atoms with E-state index in [1.807, 2.05) is 0 Å². The molecule has 1 rings (SSSR count). The van der Waals surface area contributed by atoms with Gasteiger partial charge in [0.15, 0.2) is 0 Å². The highest BCUT2D eigenvalue weighted by atomic mass is 35.5. The van der Waals surface area contributed by atoms with Gasteiger partial charge in [-0.3, -0.25) is 0 Å². The second-order valence-electron chi connectivity index (χ2n) is 1.23. The average molecular weight is 131 g/mol. The van der Waals surface area contributed by atoms with E-state index in [2.05, 4.69) is 11.2 Å². The van der Waals surface area contributed by atoms with E-state index in [0.29, 0.717) is 5.02 Å². The maximum atomic E-state index is 11.9. The molecule has 0 aliphatic heterocycles. The first-order valence-electron chi connectivity index (χ1n) is 1.99. The third kappa shape index (κ3) is 1.17. The topological polar surface area (TPSA) is 12.9 Å². The molecular weight excluding hydrogens is 129 g/mol. The Morgan fingerprint density at radius 2 is 2.38 bits per heavy atom. The van der Waals surface area contributed by atoms with Crippen LogP contribution >= 0.6 is 11.6 Å². The largest absolute Gasteiger partial charge is 0.216 e. The first kappa shape index (κ1) is 5.51. The minimum absolute atomic E-state index is 0.325. The standard InChI is InChI=1S/C5H2ClFN/c6-4-1-2-5(7)8-3-4/h1-2H. The predicted molar refractivity (Wildman–Crippen MR) is 28.0 cm³/mol. The summed E-state index contributed by atoms with van der Waals surface area (Å²) in [4.78, 5) is 3.16. The maximum Gasteiger partial charge on any atom is 0.213 e. The molecule has 1 nitrogen and oxygen atoms in total. The highest BCUT2D eigenvalue weighted by Gasteiger charge is 1.87. The van der Waals surface area contributed by atoms with Crippen LogP contribution in [0.2, 0.25) is 5.02 Å². The van der Waals surface area contributed by atoms with Crippen molar-refractivity contribution in [3.05, 3.63) is 29.3 Å². The fourth-order valence-electron chi connectivity index (χ4n) is 0.323. The average Bonchev–Trinajstić information content (AvgIpc) is 1.77. The Bertz CT molecular complexity index is 151. The van der Waals surface area contributed by atoms with E-state index in [1.54, 1.807) is 0 Å². The smallest absolute Gasteiger partial charge is 0.213 e. The Morgan fingerprint density at radius 1 is 1.62 bits per heavy atom. The number of halogens is 2. The molecule has 3 heteroatoms. The molecule has 0 atom stereocenters. The van der Waals surface area contributed by atoms with Crippen molar-refractivity contribution in [2.24, 2.45) is 0 Å². The van der Waals surface area contributed by atoms with Crippen LogP contribution in [0.3, 0.4) is 0 Å². The molecule has 0 bridgehead atoms. The second-order valence-corrected chi connectivity index (χ2v) is 1.63. The third-order valence-electron chi connectivity index (χ3n) is 0.637. The van der Waals surface area contributed by atoms with Crippen molar-refractivity contribution >= 4 is 11.6 Å². The van der Waals surface area contributed by atoms with Gasteiger partial charge in [-0.05, 0) is 12.1 Å². The molecule has 1 aromatic rings. The molecule has 1 aromatic heterocycles. The Labute approximate surface area is 51.1 Å². The minimum atomic E-state index is -0.561. The van der Waals surface area contributed by atoms with E-state index in [1.165, 1.54) is 12.1 Å². The van der Waals surface area contributed by atoms with E-state index >= 15 is 0 Å². The van der Waals surface area contributed by atoms with Gasteiger partial charge in [-0.1, -0.05) is 11.6 Å². The Balaban J connectivity index is 3.03. The summed E-state index contributed by atoms with van der Waals surface area (Å²) in [5.41, 5.74) is 0. The summed E-state index contributed by atoms with van der Waals surface area (Å²) in [6.45, 7) is 0. The molecule has 0 spiro atoms. The molecule has 0 N–H and O–H groups in total. The van der Waals surface area contributed by atoms with Crippen molar-refractivity contribution in [3.8, 4) is 0 Å². The number of aromatic nitrogens is 1. The van der Waals surface area contributed by atoms with E-state index < -0.39 is 5.95 Å². The van der Waals surface area contributed by atoms with Gasteiger partial charge in [-0.15, -0.1) is 0 Å². The summed E-state index contributed by atoms with van der Waals surface area (Å²) in [6.07, 6.45) is 2.24. The van der Waals surface area contributed by atoms with Crippen molar-refractivity contribution in [2.75, 3.05) is 0 Å². The zero-order chi connectivity index (χ0) is 5.98. The van der Waals surface area contributed by atoms with Gasteiger partial charge in [0.1, 0.15) is 6.20 Å². The minimum Gasteiger partial charge on any atom is -0.216 e. The fraction of sp³-hybridized carbons (Fsp3) is 0. The van der Waals surface area contributed by atoms with Crippen molar-refractivity contribution in [2.45, 2.75) is 0 Å². The normalized spacial score (nSPS) is 9.25. The summed E-state index contributed by atoms with van der Waals surface area (Å²) in [6, 6.07) is 2.57. The van der Waals surface area contributed by atoms with Crippen LogP contribution < -0.4 is 0 Å². The van der Waals surface area contributed by atoms with Gasteiger partial charge >= 0.3 is 0 Å². The lowest BCUT2D eigenvalue weighted by molar-refractivity contribution is 0.583. The van der Waals surface area contributed by atoms with Crippen LogP contribution in [0.4, 0.5) is 4.39 Å². The van der Waals surface area contributed by atoms with Crippen molar-refractivity contribution < 1.29 is 4.39 Å². The van der Waals surface area contributed by atoms with Crippen LogP contribution in [-0.2, 0) is 0 Å². The van der Waals surface area contributed by atoms with Crippen LogP contribution in [0.5, 0.6) is 0 Å². The van der Waals surface area contributed by atoms with Gasteiger partial charge in [0.25, 0.3) is 0 Å². The number of nitrogens with zero attached hydrogens (tertiary/aromatic N) is 1. The third-order valence-corrected chi connectivity index (χ3v) is 0.847. The molecule has 0 aliphatic carbocycles. The van der Waals surface area contributed by atoms with Gasteiger partial charge < -0.3 is 0 Å². The maximum absolute atomic E-state index is 11.9. The number of hydrogen-bond donors (Lipinski definition) is 0. The van der Waals surface area contributed by atoms with E-state index in [-0.39, 0.29) is 0 Å². The molecule has 1 heterocycles. The zero-order valence-electron chi connectivity index (χ0n) is 3.86. The molecule has 8 heavy (non-hydrogen) atoms. The van der Waals surface area contributed by atoms with E-state index in [9.17, 15) is 4.39 Å². The zero-order valence-corrected chi connectivity index (χ0v) is 4.61. The number of hydrogen-bond acceptors (Lipinski definition) is 1. The quantitative estimate of drug-likeness (QED) is 0.487. The van der Waals surface area contributed by atoms with Gasteiger partial charge in [0.2, 0.25) is 5.95 Å². The van der Waals surface area contributed by atoms with Crippen LogP contribution in [-0.4, -0.2) is 4.98 Å². The monoisotopic (exact) mass is 130 g/mol. The van der Waals surface area contributed by atoms with Gasteiger partial charge in [-0.25, -0.2) is 4.98 Å². The lowest BCUT2D eigenvalue weighted by atomic mass is 10.5. The first-order chi connectivity index (χ1) is 3.79. The van der Waals surface area contributed by atoms with Gasteiger partial charge in [0, 0.05) is 0 Å². The first-order valence-corrected chi connectivity index (χ1v) is 2.36. The summed E-state index contributed by atoms with van der Waals surface area (Å²) in [7, 11) is 0. The summed E-state index contributed by atoms with van der Waals surface area (Å²) in [5.74, 6) is -0.561. The molecule has 0 saturated carbocycles. The summed E-state index contributed by atoms with van der Waals surface area (Å²) >= 11 is 5.33. The SMILES string of the molecule is Fc1ccc(Cl)[c]n1. The van der Waals surface area contributed by atoms with E-state index in [4.69, 9.17) is 11.6 Å². The second kappa shape index (κ2) is 2.09. The fourth-order valence-corrected chi connectivity index (χ4v) is 0.429. The van der Waals surface area contributed by atoms with Crippen LogP contribution in [0.1, 0.15) is 0 Å². The molecule has 0 fully saturated rings. The molecule has 0 aromatic carbocycles. The summed E-state index contributed by atoms with van der Waals surface area (Å²) in [5, 5.41) is 0.325. The van der Waals surface area contributed by atoms with E-state index in [0.717, 1.165) is 0 Å². The molecule has 41 valence electrons. The van der Waals surface area contributed by atoms with Crippen LogP contribution in [0.25, 0.3) is 0 Å². The summed E-state index contributed by atoms with van der Waals surface area (Å²) < 4.78 is 11.9. The van der Waals surface area contributed by atoms with Crippen LogP contribution in [0, 0.1) is 12.1 Å². The Hall–Kier alpha value is -0.630. The van der Waals surface area contributed by atoms with Crippen molar-refractivity contribution in [1.82, 2.24) is 4.98 Å². The van der Waals surface area contributed by atoms with Gasteiger partial charge in [-0.2, -0.15) is 4.39 Å². The highest BCUT2D eigenvalue weighted by Crippen LogP contribution is 2.03.